The van der Waals surface area contributed by atoms with Gasteiger partial charge in [0.25, 0.3) is 11.8 Å². The van der Waals surface area contributed by atoms with Gasteiger partial charge < -0.3 is 15.6 Å². The number of aromatic amines is 1. The van der Waals surface area contributed by atoms with Gasteiger partial charge in [0, 0.05) is 36.4 Å². The van der Waals surface area contributed by atoms with Crippen molar-refractivity contribution in [2.45, 2.75) is 44.9 Å². The van der Waals surface area contributed by atoms with Crippen LogP contribution in [0.2, 0.25) is 0 Å². The van der Waals surface area contributed by atoms with Crippen molar-refractivity contribution >= 4 is 34.1 Å². The molecule has 33 heavy (non-hydrogen) atoms. The SMILES string of the molecule is Cc1ccc2[nH]c(C(=O)N[C@H]3CCC=C[C@H]3NC(=O)c3nc4c(s3)CN(C)N(C)C4)cc2c1. The first-order valence-electron chi connectivity index (χ1n) is 11.2. The van der Waals surface area contributed by atoms with Crippen LogP contribution >= 0.6 is 11.3 Å². The van der Waals surface area contributed by atoms with Crippen LogP contribution in [0.5, 0.6) is 0 Å². The van der Waals surface area contributed by atoms with E-state index in [2.05, 4.69) is 42.8 Å². The molecule has 0 fully saturated rings. The molecular weight excluding hydrogens is 436 g/mol. The lowest BCUT2D eigenvalue weighted by Gasteiger charge is -2.31. The normalized spacial score (nSPS) is 21.2. The number of benzene rings is 1. The first-order valence-corrected chi connectivity index (χ1v) is 12.0. The van der Waals surface area contributed by atoms with Crippen molar-refractivity contribution < 1.29 is 9.59 Å². The third-order valence-corrected chi connectivity index (χ3v) is 7.44. The quantitative estimate of drug-likeness (QED) is 0.516. The summed E-state index contributed by atoms with van der Waals surface area (Å²) in [4.78, 5) is 34.9. The molecule has 2 atom stereocenters. The highest BCUT2D eigenvalue weighted by Gasteiger charge is 2.29. The lowest BCUT2D eigenvalue weighted by atomic mass is 9.96. The van der Waals surface area contributed by atoms with Gasteiger partial charge in [-0.25, -0.2) is 15.0 Å². The van der Waals surface area contributed by atoms with E-state index in [4.69, 9.17) is 0 Å². The van der Waals surface area contributed by atoms with Crippen LogP contribution in [0.25, 0.3) is 10.9 Å². The van der Waals surface area contributed by atoms with Crippen molar-refractivity contribution in [1.82, 2.24) is 30.6 Å². The van der Waals surface area contributed by atoms with Crippen LogP contribution in [0.15, 0.2) is 36.4 Å². The van der Waals surface area contributed by atoms with Gasteiger partial charge in [-0.3, -0.25) is 9.59 Å². The molecule has 0 unspecified atom stereocenters. The summed E-state index contributed by atoms with van der Waals surface area (Å²) in [5, 5.41) is 11.9. The summed E-state index contributed by atoms with van der Waals surface area (Å²) in [6.07, 6.45) is 5.63. The fraction of sp³-hybridized carbons (Fsp3) is 0.375. The second-order valence-electron chi connectivity index (χ2n) is 8.88. The lowest BCUT2D eigenvalue weighted by Crippen LogP contribution is -2.51. The maximum Gasteiger partial charge on any atom is 0.280 e. The summed E-state index contributed by atoms with van der Waals surface area (Å²) in [6, 6.07) is 7.46. The number of allylic oxidation sites excluding steroid dienone is 1. The number of carbonyl (C=O) groups excluding carboxylic acids is 2. The summed E-state index contributed by atoms with van der Waals surface area (Å²) in [5.41, 5.74) is 3.57. The topological polar surface area (TPSA) is 93.4 Å². The molecule has 2 aliphatic rings. The first kappa shape index (κ1) is 21.8. The number of hydrazine groups is 1. The predicted molar refractivity (Wildman–Crippen MR) is 129 cm³/mol. The third kappa shape index (κ3) is 4.44. The van der Waals surface area contributed by atoms with Crippen LogP contribution in [0, 0.1) is 6.92 Å². The van der Waals surface area contributed by atoms with Gasteiger partial charge in [0.1, 0.15) is 5.69 Å². The Morgan fingerprint density at radius 3 is 2.79 bits per heavy atom. The molecule has 1 aliphatic carbocycles. The number of aromatic nitrogens is 2. The molecule has 8 nitrogen and oxygen atoms in total. The van der Waals surface area contributed by atoms with Gasteiger partial charge in [-0.1, -0.05) is 23.8 Å². The summed E-state index contributed by atoms with van der Waals surface area (Å²) in [7, 11) is 4.03. The molecule has 0 bridgehead atoms. The van der Waals surface area contributed by atoms with Gasteiger partial charge in [0.05, 0.1) is 24.3 Å². The summed E-state index contributed by atoms with van der Waals surface area (Å²) >= 11 is 1.45. The van der Waals surface area contributed by atoms with E-state index in [1.54, 1.807) is 0 Å². The Morgan fingerprint density at radius 2 is 1.94 bits per heavy atom. The van der Waals surface area contributed by atoms with Gasteiger partial charge in [-0.15, -0.1) is 11.3 Å². The highest BCUT2D eigenvalue weighted by molar-refractivity contribution is 7.13. The maximum absolute atomic E-state index is 13.0. The molecule has 2 aromatic heterocycles. The van der Waals surface area contributed by atoms with E-state index in [1.807, 2.05) is 45.3 Å². The molecule has 3 N–H and O–H groups in total. The third-order valence-electron chi connectivity index (χ3n) is 6.36. The Kier molecular flexibility index (Phi) is 5.77. The Labute approximate surface area is 196 Å². The fourth-order valence-electron chi connectivity index (χ4n) is 4.37. The van der Waals surface area contributed by atoms with Gasteiger partial charge >= 0.3 is 0 Å². The number of thiazole rings is 1. The molecular formula is C24H28N6O2S. The summed E-state index contributed by atoms with van der Waals surface area (Å²) in [6.45, 7) is 3.48. The number of rotatable bonds is 4. The van der Waals surface area contributed by atoms with Gasteiger partial charge in [-0.05, 0) is 38.0 Å². The number of hydrogen-bond donors (Lipinski definition) is 3. The van der Waals surface area contributed by atoms with Crippen LogP contribution < -0.4 is 10.6 Å². The largest absolute Gasteiger partial charge is 0.351 e. The average molecular weight is 465 g/mol. The van der Waals surface area contributed by atoms with E-state index in [9.17, 15) is 9.59 Å². The van der Waals surface area contributed by atoms with Crippen molar-refractivity contribution in [2.75, 3.05) is 14.1 Å². The first-order chi connectivity index (χ1) is 15.9. The highest BCUT2D eigenvalue weighted by Crippen LogP contribution is 2.26. The Morgan fingerprint density at radius 1 is 1.12 bits per heavy atom. The van der Waals surface area contributed by atoms with Crippen LogP contribution in [0.4, 0.5) is 0 Å². The molecule has 1 aromatic carbocycles. The van der Waals surface area contributed by atoms with Crippen LogP contribution in [-0.2, 0) is 13.1 Å². The van der Waals surface area contributed by atoms with E-state index >= 15 is 0 Å². The molecule has 172 valence electrons. The summed E-state index contributed by atoms with van der Waals surface area (Å²) < 4.78 is 0. The second-order valence-corrected chi connectivity index (χ2v) is 9.96. The number of carbonyl (C=O) groups is 2. The number of amides is 2. The zero-order chi connectivity index (χ0) is 23.1. The molecule has 5 rings (SSSR count). The zero-order valence-corrected chi connectivity index (χ0v) is 19.8. The van der Waals surface area contributed by atoms with Crippen molar-refractivity contribution in [1.29, 1.82) is 0 Å². The number of nitrogens with zero attached hydrogens (tertiary/aromatic N) is 3. The zero-order valence-electron chi connectivity index (χ0n) is 19.0. The molecule has 3 aromatic rings. The minimum absolute atomic E-state index is 0.167. The highest BCUT2D eigenvalue weighted by atomic mass is 32.1. The van der Waals surface area contributed by atoms with E-state index in [0.29, 0.717) is 17.2 Å². The number of aryl methyl sites for hydroxylation is 1. The minimum Gasteiger partial charge on any atom is -0.351 e. The second kappa shape index (κ2) is 8.74. The van der Waals surface area contributed by atoms with Gasteiger partial charge in [0.15, 0.2) is 5.01 Å². The predicted octanol–water partition coefficient (Wildman–Crippen LogP) is 2.97. The smallest absolute Gasteiger partial charge is 0.280 e. The lowest BCUT2D eigenvalue weighted by molar-refractivity contribution is -0.00171. The number of fused-ring (bicyclic) bond motifs is 2. The van der Waals surface area contributed by atoms with Crippen molar-refractivity contribution in [3.63, 3.8) is 0 Å². The minimum atomic E-state index is -0.284. The Balaban J connectivity index is 1.28. The van der Waals surface area contributed by atoms with Crippen molar-refractivity contribution in [2.24, 2.45) is 0 Å². The van der Waals surface area contributed by atoms with Crippen molar-refractivity contribution in [3.05, 3.63) is 63.3 Å². The number of H-pyrrole nitrogens is 1. The van der Waals surface area contributed by atoms with Gasteiger partial charge in [-0.2, -0.15) is 0 Å². The van der Waals surface area contributed by atoms with E-state index in [0.717, 1.165) is 46.4 Å². The van der Waals surface area contributed by atoms with E-state index in [-0.39, 0.29) is 23.9 Å². The number of nitrogens with one attached hydrogen (secondary N) is 3. The van der Waals surface area contributed by atoms with E-state index < -0.39 is 0 Å². The monoisotopic (exact) mass is 464 g/mol. The summed E-state index contributed by atoms with van der Waals surface area (Å²) in [5.74, 6) is -0.365. The average Bonchev–Trinajstić information content (AvgIpc) is 3.39. The molecule has 0 saturated carbocycles. The Bertz CT molecular complexity index is 1220. The molecule has 0 saturated heterocycles. The maximum atomic E-state index is 13.0. The fourth-order valence-corrected chi connectivity index (χ4v) is 5.39. The van der Waals surface area contributed by atoms with Crippen LogP contribution in [0.3, 0.4) is 0 Å². The van der Waals surface area contributed by atoms with Crippen LogP contribution in [0.1, 0.15) is 49.3 Å². The molecule has 9 heteroatoms. The molecule has 0 spiro atoms. The molecule has 2 amide bonds. The molecule has 0 radical (unpaired) electrons. The van der Waals surface area contributed by atoms with Crippen molar-refractivity contribution in [3.8, 4) is 0 Å². The standard InChI is InChI=1S/C24H28N6O2S/c1-14-8-9-16-15(10-14)11-19(25-16)22(31)26-17-6-4-5-7-18(17)27-23(32)24-28-20-12-29(2)30(3)13-21(20)33-24/h5,7-11,17-18,25H,4,6,12-13H2,1-3H3,(H,26,31)(H,27,32)/t17-,18+/m0/s1. The molecule has 1 aliphatic heterocycles. The van der Waals surface area contributed by atoms with Crippen LogP contribution in [-0.4, -0.2) is 58.0 Å². The Hall–Kier alpha value is -3.01. The number of hydrogen-bond acceptors (Lipinski definition) is 6. The van der Waals surface area contributed by atoms with Gasteiger partial charge in [0.2, 0.25) is 0 Å². The van der Waals surface area contributed by atoms with E-state index in [1.165, 1.54) is 11.3 Å². The molecule has 3 heterocycles.